The molecule has 0 saturated carbocycles. The van der Waals surface area contributed by atoms with Crippen LogP contribution in [0.5, 0.6) is 0 Å². The Bertz CT molecular complexity index is 703. The van der Waals surface area contributed by atoms with Gasteiger partial charge in [-0.3, -0.25) is 4.79 Å². The Morgan fingerprint density at radius 1 is 1.13 bits per heavy atom. The van der Waals surface area contributed by atoms with Crippen molar-refractivity contribution in [1.82, 2.24) is 10.2 Å². The van der Waals surface area contributed by atoms with Crippen LogP contribution in [0.1, 0.15) is 11.1 Å². The molecule has 1 aliphatic rings. The van der Waals surface area contributed by atoms with E-state index in [1.165, 1.54) is 0 Å². The minimum absolute atomic E-state index is 0.495. The Balaban J connectivity index is 1.73. The highest BCUT2D eigenvalue weighted by atomic mass is 35.5. The number of benzene rings is 2. The predicted octanol–water partition coefficient (Wildman–Crippen LogP) is 3.24. The van der Waals surface area contributed by atoms with Crippen LogP contribution in [0.3, 0.4) is 0 Å². The van der Waals surface area contributed by atoms with Gasteiger partial charge in [-0.05, 0) is 18.1 Å². The molecule has 1 N–H and O–H groups in total. The molecule has 23 heavy (non-hydrogen) atoms. The number of ether oxygens (including phenoxy) is 1. The number of hydrogen-bond acceptors (Lipinski definition) is 3. The minimum Gasteiger partial charge on any atom is -0.450 e. The van der Waals surface area contributed by atoms with Crippen LogP contribution >= 0.6 is 11.6 Å². The highest BCUT2D eigenvalue weighted by Crippen LogP contribution is 2.26. The molecule has 5 heteroatoms. The Hall–Kier alpha value is -2.46. The van der Waals surface area contributed by atoms with Crippen molar-refractivity contribution in [2.75, 3.05) is 6.54 Å². The van der Waals surface area contributed by atoms with Crippen LogP contribution in [0.4, 0.5) is 0 Å². The Kier molecular flexibility index (Phi) is 4.83. The Morgan fingerprint density at radius 3 is 2.61 bits per heavy atom. The fourth-order valence-corrected chi connectivity index (χ4v) is 2.73. The highest BCUT2D eigenvalue weighted by molar-refractivity contribution is 6.31. The van der Waals surface area contributed by atoms with Crippen LogP contribution in [0.25, 0.3) is 5.76 Å². The zero-order valence-electron chi connectivity index (χ0n) is 12.5. The molecule has 0 fully saturated rings. The first kappa shape index (κ1) is 15.4. The summed E-state index contributed by atoms with van der Waals surface area (Å²) in [6.45, 7) is 0.686. The second-order valence-electron chi connectivity index (χ2n) is 5.19. The molecule has 3 rings (SSSR count). The largest absolute Gasteiger partial charge is 0.450 e. The van der Waals surface area contributed by atoms with E-state index < -0.39 is 6.35 Å². The van der Waals surface area contributed by atoms with Gasteiger partial charge in [0.2, 0.25) is 6.41 Å². The molecule has 0 saturated heterocycles. The molecule has 118 valence electrons. The van der Waals surface area contributed by atoms with Crippen LogP contribution in [0.15, 0.2) is 60.8 Å². The first-order valence-corrected chi connectivity index (χ1v) is 7.78. The Labute approximate surface area is 140 Å². The van der Waals surface area contributed by atoms with Gasteiger partial charge in [0.25, 0.3) is 6.35 Å². The van der Waals surface area contributed by atoms with E-state index in [9.17, 15) is 4.79 Å². The molecule has 4 nitrogen and oxygen atoms in total. The van der Waals surface area contributed by atoms with Crippen molar-refractivity contribution in [2.24, 2.45) is 0 Å². The number of hydrogen-bond donors (Lipinski definition) is 1. The van der Waals surface area contributed by atoms with E-state index in [1.807, 2.05) is 65.7 Å². The lowest BCUT2D eigenvalue weighted by molar-refractivity contribution is -0.114. The van der Waals surface area contributed by atoms with Crippen molar-refractivity contribution in [3.63, 3.8) is 0 Å². The molecule has 1 heterocycles. The van der Waals surface area contributed by atoms with Gasteiger partial charge in [-0.25, -0.2) is 0 Å². The van der Waals surface area contributed by atoms with Gasteiger partial charge in [-0.15, -0.1) is 0 Å². The van der Waals surface area contributed by atoms with Crippen LogP contribution in [0.2, 0.25) is 5.02 Å². The number of nitrogens with one attached hydrogen (secondary N) is 1. The molecular weight excluding hydrogens is 312 g/mol. The van der Waals surface area contributed by atoms with Gasteiger partial charge in [-0.2, -0.15) is 0 Å². The summed E-state index contributed by atoms with van der Waals surface area (Å²) in [5.74, 6) is 0.740. The first-order valence-electron chi connectivity index (χ1n) is 7.40. The van der Waals surface area contributed by atoms with Gasteiger partial charge >= 0.3 is 0 Å². The third-order valence-corrected chi connectivity index (χ3v) is 4.06. The summed E-state index contributed by atoms with van der Waals surface area (Å²) in [5, 5.41) is 3.43. The van der Waals surface area contributed by atoms with E-state index in [0.29, 0.717) is 13.0 Å². The molecule has 0 bridgehead atoms. The maximum Gasteiger partial charge on any atom is 0.252 e. The quantitative estimate of drug-likeness (QED) is 0.828. The summed E-state index contributed by atoms with van der Waals surface area (Å²) in [5.41, 5.74) is 2.05. The second kappa shape index (κ2) is 7.20. The molecule has 1 amide bonds. The fraction of sp³-hybridized carbons (Fsp3) is 0.167. The summed E-state index contributed by atoms with van der Waals surface area (Å²) in [6, 6.07) is 17.6. The van der Waals surface area contributed by atoms with Crippen LogP contribution in [-0.2, 0) is 16.0 Å². The number of amides is 1. The van der Waals surface area contributed by atoms with E-state index in [2.05, 4.69) is 5.32 Å². The monoisotopic (exact) mass is 328 g/mol. The summed E-state index contributed by atoms with van der Waals surface area (Å²) in [4.78, 5) is 12.8. The smallest absolute Gasteiger partial charge is 0.252 e. The lowest BCUT2D eigenvalue weighted by atomic mass is 10.1. The Morgan fingerprint density at radius 2 is 1.87 bits per heavy atom. The maximum absolute atomic E-state index is 10.8. The van der Waals surface area contributed by atoms with Crippen molar-refractivity contribution in [2.45, 2.75) is 12.8 Å². The van der Waals surface area contributed by atoms with Gasteiger partial charge < -0.3 is 15.0 Å². The zero-order valence-corrected chi connectivity index (χ0v) is 13.2. The van der Waals surface area contributed by atoms with Gasteiger partial charge in [-0.1, -0.05) is 60.1 Å². The third kappa shape index (κ3) is 3.66. The van der Waals surface area contributed by atoms with Gasteiger partial charge in [0.05, 0.1) is 0 Å². The van der Waals surface area contributed by atoms with E-state index >= 15 is 0 Å². The van der Waals surface area contributed by atoms with Crippen LogP contribution in [0, 0.1) is 0 Å². The number of carbonyl (C=O) groups excluding carboxylic acids is 1. The van der Waals surface area contributed by atoms with E-state index in [-0.39, 0.29) is 0 Å². The highest BCUT2D eigenvalue weighted by Gasteiger charge is 2.26. The summed E-state index contributed by atoms with van der Waals surface area (Å²) in [6.07, 6.45) is 2.84. The van der Waals surface area contributed by atoms with Crippen LogP contribution in [-0.4, -0.2) is 24.2 Å². The topological polar surface area (TPSA) is 41.6 Å². The number of halogens is 1. The van der Waals surface area contributed by atoms with Crippen molar-refractivity contribution in [3.05, 3.63) is 76.9 Å². The van der Waals surface area contributed by atoms with Gasteiger partial charge in [0.15, 0.2) is 0 Å². The number of carbonyl (C=O) groups is 1. The molecule has 0 aromatic heterocycles. The fourth-order valence-electron chi connectivity index (χ4n) is 2.50. The molecular formula is C18H17ClN2O2. The second-order valence-corrected chi connectivity index (χ2v) is 5.60. The number of rotatable bonds is 6. The summed E-state index contributed by atoms with van der Waals surface area (Å²) >= 11 is 6.19. The summed E-state index contributed by atoms with van der Waals surface area (Å²) in [7, 11) is 0. The lowest BCUT2D eigenvalue weighted by Crippen LogP contribution is -2.41. The van der Waals surface area contributed by atoms with E-state index in [1.54, 1.807) is 0 Å². The van der Waals surface area contributed by atoms with E-state index in [0.717, 1.165) is 28.3 Å². The SMILES string of the molecule is O=CNC1OC(c2ccccc2)=CN1CCc1ccccc1Cl. The summed E-state index contributed by atoms with van der Waals surface area (Å²) < 4.78 is 5.83. The van der Waals surface area contributed by atoms with Gasteiger partial charge in [0, 0.05) is 23.3 Å². The molecule has 2 aromatic carbocycles. The minimum atomic E-state index is -0.495. The first-order chi connectivity index (χ1) is 11.3. The lowest BCUT2D eigenvalue weighted by Gasteiger charge is -2.23. The predicted molar refractivity (Wildman–Crippen MR) is 90.4 cm³/mol. The van der Waals surface area contributed by atoms with Crippen molar-refractivity contribution < 1.29 is 9.53 Å². The molecule has 1 aliphatic heterocycles. The maximum atomic E-state index is 10.8. The van der Waals surface area contributed by atoms with Crippen molar-refractivity contribution in [3.8, 4) is 0 Å². The van der Waals surface area contributed by atoms with E-state index in [4.69, 9.17) is 16.3 Å². The van der Waals surface area contributed by atoms with Crippen molar-refractivity contribution >= 4 is 23.8 Å². The zero-order chi connectivity index (χ0) is 16.1. The standard InChI is InChI=1S/C18H17ClN2O2/c19-16-9-5-4-6-14(16)10-11-21-12-17(23-18(21)20-13-22)15-7-2-1-3-8-15/h1-9,12-13,18H,10-11H2,(H,20,22). The molecule has 1 unspecified atom stereocenters. The third-order valence-electron chi connectivity index (χ3n) is 3.69. The average molecular weight is 329 g/mol. The van der Waals surface area contributed by atoms with Gasteiger partial charge in [0.1, 0.15) is 5.76 Å². The molecule has 1 atom stereocenters. The average Bonchev–Trinajstić information content (AvgIpc) is 2.98. The molecule has 2 aromatic rings. The van der Waals surface area contributed by atoms with Crippen molar-refractivity contribution in [1.29, 1.82) is 0 Å². The molecule has 0 aliphatic carbocycles. The number of nitrogens with zero attached hydrogens (tertiary/aromatic N) is 1. The molecule has 0 spiro atoms. The normalized spacial score (nSPS) is 16.7. The molecule has 0 radical (unpaired) electrons. The van der Waals surface area contributed by atoms with Crippen LogP contribution < -0.4 is 5.32 Å².